The minimum atomic E-state index is -2.00. The van der Waals surface area contributed by atoms with Crippen LogP contribution in [-0.4, -0.2) is 67.0 Å². The maximum Gasteiger partial charge on any atom is 0.250 e. The standard InChI is InChI=1S/C35H50N4O5Si/c1-27(42-23-22-41-26-28-12-8-7-9-13-28)25-40-21-19-38-18-17-31(36-38)34-30-24-29(44-45(5,6)35(2,3)4)15-16-32(30)39(37-34)33-14-10-11-20-43-33/h7-9,12-13,15-18,24,27,33H,10-11,14,19-23,25-26H2,1-6H3/t27-,33?/m1/s1. The first kappa shape index (κ1) is 33.3. The molecule has 0 radical (unpaired) electrons. The highest BCUT2D eigenvalue weighted by molar-refractivity contribution is 6.74. The van der Waals surface area contributed by atoms with Crippen molar-refractivity contribution in [2.24, 2.45) is 0 Å². The second kappa shape index (κ2) is 15.0. The lowest BCUT2D eigenvalue weighted by atomic mass is 10.1. The van der Waals surface area contributed by atoms with Gasteiger partial charge in [0.25, 0.3) is 0 Å². The van der Waals surface area contributed by atoms with Crippen molar-refractivity contribution in [3.63, 3.8) is 0 Å². The van der Waals surface area contributed by atoms with Gasteiger partial charge in [-0.1, -0.05) is 51.1 Å². The molecule has 45 heavy (non-hydrogen) atoms. The molecule has 244 valence electrons. The number of nitrogens with zero attached hydrogens (tertiary/aromatic N) is 4. The van der Waals surface area contributed by atoms with E-state index < -0.39 is 8.32 Å². The first-order chi connectivity index (χ1) is 21.6. The van der Waals surface area contributed by atoms with Crippen molar-refractivity contribution in [2.45, 2.75) is 90.6 Å². The van der Waals surface area contributed by atoms with Gasteiger partial charge >= 0.3 is 0 Å². The van der Waals surface area contributed by atoms with E-state index in [2.05, 4.69) is 64.2 Å². The molecule has 5 rings (SSSR count). The molecule has 1 unspecified atom stereocenters. The lowest BCUT2D eigenvalue weighted by Gasteiger charge is -2.36. The minimum Gasteiger partial charge on any atom is -0.543 e. The van der Waals surface area contributed by atoms with Gasteiger partial charge in [0.2, 0.25) is 8.32 Å². The van der Waals surface area contributed by atoms with Gasteiger partial charge in [0, 0.05) is 18.2 Å². The Labute approximate surface area is 268 Å². The van der Waals surface area contributed by atoms with Crippen LogP contribution < -0.4 is 4.43 Å². The summed E-state index contributed by atoms with van der Waals surface area (Å²) in [5.74, 6) is 0.881. The maximum absolute atomic E-state index is 6.68. The van der Waals surface area contributed by atoms with Crippen LogP contribution in [-0.2, 0) is 32.1 Å². The fourth-order valence-corrected chi connectivity index (χ4v) is 6.12. The molecule has 0 bridgehead atoms. The fourth-order valence-electron chi connectivity index (χ4n) is 5.10. The van der Waals surface area contributed by atoms with Gasteiger partial charge in [-0.15, -0.1) is 0 Å². The number of aromatic nitrogens is 4. The molecule has 2 atom stereocenters. The van der Waals surface area contributed by atoms with E-state index in [0.29, 0.717) is 39.6 Å². The average Bonchev–Trinajstić information content (AvgIpc) is 3.64. The highest BCUT2D eigenvalue weighted by atomic mass is 28.4. The molecular weight excluding hydrogens is 584 g/mol. The van der Waals surface area contributed by atoms with Crippen molar-refractivity contribution < 1.29 is 23.4 Å². The SMILES string of the molecule is C[C@H](COCCn1ccc(-c2nn(C3CCCCO3)c3ccc(O[Si](C)(C)C(C)(C)C)cc23)n1)OCCOCc1ccccc1. The Morgan fingerprint density at radius 3 is 2.56 bits per heavy atom. The second-order valence-electron chi connectivity index (χ2n) is 13.4. The van der Waals surface area contributed by atoms with Crippen LogP contribution in [0.25, 0.3) is 22.3 Å². The molecule has 0 aliphatic carbocycles. The third-order valence-electron chi connectivity index (χ3n) is 8.73. The van der Waals surface area contributed by atoms with Crippen LogP contribution >= 0.6 is 0 Å². The third kappa shape index (κ3) is 8.83. The molecule has 1 fully saturated rings. The van der Waals surface area contributed by atoms with Crippen LogP contribution in [0.15, 0.2) is 60.8 Å². The molecule has 1 saturated heterocycles. The molecule has 2 aromatic carbocycles. The molecule has 2 aromatic heterocycles. The van der Waals surface area contributed by atoms with Gasteiger partial charge < -0.3 is 23.4 Å². The molecule has 0 saturated carbocycles. The maximum atomic E-state index is 6.68. The van der Waals surface area contributed by atoms with E-state index >= 15 is 0 Å². The third-order valence-corrected chi connectivity index (χ3v) is 13.1. The Kier molecular flexibility index (Phi) is 11.1. The molecule has 10 heteroatoms. The van der Waals surface area contributed by atoms with Gasteiger partial charge in [0.15, 0.2) is 6.23 Å². The Balaban J connectivity index is 1.18. The summed E-state index contributed by atoms with van der Waals surface area (Å²) >= 11 is 0. The summed E-state index contributed by atoms with van der Waals surface area (Å²) in [7, 11) is -2.00. The molecule has 0 N–H and O–H groups in total. The van der Waals surface area contributed by atoms with Gasteiger partial charge in [-0.2, -0.15) is 10.2 Å². The molecule has 9 nitrogen and oxygen atoms in total. The highest BCUT2D eigenvalue weighted by Crippen LogP contribution is 2.39. The van der Waals surface area contributed by atoms with Gasteiger partial charge in [-0.25, -0.2) is 4.68 Å². The summed E-state index contributed by atoms with van der Waals surface area (Å²) in [5.41, 5.74) is 3.87. The predicted octanol–water partition coefficient (Wildman–Crippen LogP) is 7.62. The quantitative estimate of drug-likeness (QED) is 0.0983. The van der Waals surface area contributed by atoms with Crippen LogP contribution in [0.5, 0.6) is 5.75 Å². The summed E-state index contributed by atoms with van der Waals surface area (Å²) in [6.45, 7) is 17.5. The van der Waals surface area contributed by atoms with E-state index in [1.165, 1.54) is 0 Å². The van der Waals surface area contributed by atoms with Crippen LogP contribution in [0.1, 0.15) is 58.7 Å². The Morgan fingerprint density at radius 1 is 0.978 bits per heavy atom. The highest BCUT2D eigenvalue weighted by Gasteiger charge is 2.39. The molecule has 0 amide bonds. The smallest absolute Gasteiger partial charge is 0.250 e. The van der Waals surface area contributed by atoms with Crippen molar-refractivity contribution in [1.29, 1.82) is 0 Å². The van der Waals surface area contributed by atoms with Crippen LogP contribution in [0.3, 0.4) is 0 Å². The van der Waals surface area contributed by atoms with Crippen molar-refractivity contribution in [3.8, 4) is 17.1 Å². The molecule has 1 aliphatic rings. The first-order valence-corrected chi connectivity index (χ1v) is 19.2. The zero-order valence-electron chi connectivity index (χ0n) is 27.8. The summed E-state index contributed by atoms with van der Waals surface area (Å²) in [6, 6.07) is 18.5. The summed E-state index contributed by atoms with van der Waals surface area (Å²) in [6.07, 6.45) is 5.08. The van der Waals surface area contributed by atoms with Crippen LogP contribution in [0.2, 0.25) is 18.1 Å². The number of rotatable bonds is 15. The molecule has 0 spiro atoms. The van der Waals surface area contributed by atoms with Crippen molar-refractivity contribution >= 4 is 19.2 Å². The normalized spacial score (nSPS) is 16.7. The monoisotopic (exact) mass is 634 g/mol. The number of hydrogen-bond donors (Lipinski definition) is 0. The minimum absolute atomic E-state index is 0.0152. The summed E-state index contributed by atoms with van der Waals surface area (Å²) < 4.78 is 34.2. The lowest BCUT2D eigenvalue weighted by Crippen LogP contribution is -2.43. The van der Waals surface area contributed by atoms with Gasteiger partial charge in [-0.05, 0) is 74.1 Å². The Hall–Kier alpha value is -3.02. The Morgan fingerprint density at radius 2 is 1.80 bits per heavy atom. The molecule has 3 heterocycles. The topological polar surface area (TPSA) is 81.8 Å². The van der Waals surface area contributed by atoms with Crippen molar-refractivity contribution in [3.05, 3.63) is 66.4 Å². The van der Waals surface area contributed by atoms with Crippen LogP contribution in [0, 0.1) is 0 Å². The van der Waals surface area contributed by atoms with E-state index in [9.17, 15) is 0 Å². The van der Waals surface area contributed by atoms with E-state index in [1.54, 1.807) is 0 Å². The zero-order chi connectivity index (χ0) is 31.9. The van der Waals surface area contributed by atoms with Crippen molar-refractivity contribution in [2.75, 3.05) is 33.0 Å². The molecule has 4 aromatic rings. The van der Waals surface area contributed by atoms with Crippen molar-refractivity contribution in [1.82, 2.24) is 19.6 Å². The average molecular weight is 635 g/mol. The molecular formula is C35H50N4O5Si. The van der Waals surface area contributed by atoms with Gasteiger partial charge in [0.1, 0.15) is 17.1 Å². The first-order valence-electron chi connectivity index (χ1n) is 16.3. The summed E-state index contributed by atoms with van der Waals surface area (Å²) in [4.78, 5) is 0. The molecule has 1 aliphatic heterocycles. The van der Waals surface area contributed by atoms with E-state index in [0.717, 1.165) is 59.5 Å². The predicted molar refractivity (Wildman–Crippen MR) is 180 cm³/mol. The number of ether oxygens (including phenoxy) is 4. The fraction of sp³-hybridized carbons (Fsp3) is 0.543. The van der Waals surface area contributed by atoms with Crippen LogP contribution in [0.4, 0.5) is 0 Å². The number of hydrogen-bond acceptors (Lipinski definition) is 7. The number of benzene rings is 2. The Bertz CT molecular complexity index is 1490. The zero-order valence-corrected chi connectivity index (χ0v) is 28.8. The van der Waals surface area contributed by atoms with E-state index in [4.69, 9.17) is 33.6 Å². The second-order valence-corrected chi connectivity index (χ2v) is 18.1. The van der Waals surface area contributed by atoms with E-state index in [1.807, 2.05) is 46.7 Å². The van der Waals surface area contributed by atoms with Gasteiger partial charge in [-0.3, -0.25) is 4.68 Å². The lowest BCUT2D eigenvalue weighted by molar-refractivity contribution is -0.0365. The largest absolute Gasteiger partial charge is 0.543 e. The number of fused-ring (bicyclic) bond motifs is 1. The van der Waals surface area contributed by atoms with Gasteiger partial charge in [0.05, 0.1) is 51.2 Å². The van der Waals surface area contributed by atoms with E-state index in [-0.39, 0.29) is 17.4 Å². The summed E-state index contributed by atoms with van der Waals surface area (Å²) in [5, 5.41) is 11.1.